The van der Waals surface area contributed by atoms with E-state index in [1.54, 1.807) is 0 Å². The molecule has 1 heterocycles. The summed E-state index contributed by atoms with van der Waals surface area (Å²) in [5, 5.41) is 0. The Morgan fingerprint density at radius 2 is 1.90 bits per heavy atom. The van der Waals surface area contributed by atoms with Gasteiger partial charge in [0.05, 0.1) is 5.92 Å². The van der Waals surface area contributed by atoms with E-state index in [9.17, 15) is 4.79 Å². The third kappa shape index (κ3) is 3.40. The molecule has 3 heteroatoms. The molecule has 1 atom stereocenters. The molecule has 3 nitrogen and oxygen atoms in total. The van der Waals surface area contributed by atoms with Crippen molar-refractivity contribution in [1.82, 2.24) is 9.80 Å². The fraction of sp³-hybridized carbons (Fsp3) is 0.588. The summed E-state index contributed by atoms with van der Waals surface area (Å²) in [6, 6.07) is 10.6. The predicted octanol–water partition coefficient (Wildman–Crippen LogP) is 2.73. The summed E-state index contributed by atoms with van der Waals surface area (Å²) in [6.45, 7) is 4.27. The molecular weight excluding hydrogens is 248 g/mol. The molecule has 1 aromatic rings. The average molecular weight is 274 g/mol. The molecule has 1 fully saturated rings. The van der Waals surface area contributed by atoms with E-state index < -0.39 is 0 Å². The molecule has 0 spiro atoms. The van der Waals surface area contributed by atoms with Crippen molar-refractivity contribution in [3.8, 4) is 0 Å². The van der Waals surface area contributed by atoms with Gasteiger partial charge in [0.25, 0.3) is 0 Å². The Balaban J connectivity index is 2.05. The monoisotopic (exact) mass is 274 g/mol. The molecule has 0 radical (unpaired) electrons. The van der Waals surface area contributed by atoms with Gasteiger partial charge in [0.1, 0.15) is 0 Å². The SMILES string of the molecule is CC[C@H](C(=O)N(C)C1CCN(C)CC1)c1ccccc1. The summed E-state index contributed by atoms with van der Waals surface area (Å²) in [7, 11) is 4.13. The van der Waals surface area contributed by atoms with E-state index in [1.807, 2.05) is 30.1 Å². The van der Waals surface area contributed by atoms with E-state index in [4.69, 9.17) is 0 Å². The highest BCUT2D eigenvalue weighted by Gasteiger charge is 2.28. The van der Waals surface area contributed by atoms with Gasteiger partial charge in [-0.3, -0.25) is 4.79 Å². The number of benzene rings is 1. The molecule has 1 aliphatic heterocycles. The number of carbonyl (C=O) groups excluding carboxylic acids is 1. The Morgan fingerprint density at radius 1 is 1.30 bits per heavy atom. The first kappa shape index (κ1) is 15.0. The maximum absolute atomic E-state index is 12.8. The molecular formula is C17H26N2O. The van der Waals surface area contributed by atoms with Crippen LogP contribution >= 0.6 is 0 Å². The standard InChI is InChI=1S/C17H26N2O/c1-4-16(14-8-6-5-7-9-14)17(20)19(3)15-10-12-18(2)13-11-15/h5-9,15-16H,4,10-13H2,1-3H3/t16-/m0/s1. The van der Waals surface area contributed by atoms with Gasteiger partial charge < -0.3 is 9.80 Å². The largest absolute Gasteiger partial charge is 0.342 e. The molecule has 0 unspecified atom stereocenters. The normalized spacial score (nSPS) is 18.8. The zero-order chi connectivity index (χ0) is 14.5. The summed E-state index contributed by atoms with van der Waals surface area (Å²) in [5.41, 5.74) is 1.14. The van der Waals surface area contributed by atoms with Gasteiger partial charge in [-0.25, -0.2) is 0 Å². The van der Waals surface area contributed by atoms with Crippen molar-refractivity contribution in [2.24, 2.45) is 0 Å². The van der Waals surface area contributed by atoms with Crippen LogP contribution in [0.4, 0.5) is 0 Å². The first-order valence-corrected chi connectivity index (χ1v) is 7.63. The summed E-state index contributed by atoms with van der Waals surface area (Å²) < 4.78 is 0. The van der Waals surface area contributed by atoms with E-state index in [2.05, 4.69) is 31.0 Å². The van der Waals surface area contributed by atoms with Crippen molar-refractivity contribution in [1.29, 1.82) is 0 Å². The minimum atomic E-state index is 0.000793. The number of likely N-dealkylation sites (tertiary alicyclic amines) is 1. The molecule has 2 rings (SSSR count). The van der Waals surface area contributed by atoms with Crippen LogP contribution in [0.5, 0.6) is 0 Å². The minimum Gasteiger partial charge on any atom is -0.342 e. The summed E-state index contributed by atoms with van der Waals surface area (Å²) in [4.78, 5) is 17.1. The lowest BCUT2D eigenvalue weighted by molar-refractivity contribution is -0.134. The van der Waals surface area contributed by atoms with Crippen LogP contribution in [0.25, 0.3) is 0 Å². The highest BCUT2D eigenvalue weighted by Crippen LogP contribution is 2.24. The average Bonchev–Trinajstić information content (AvgIpc) is 2.49. The number of hydrogen-bond acceptors (Lipinski definition) is 2. The molecule has 0 aliphatic carbocycles. The molecule has 0 saturated carbocycles. The van der Waals surface area contributed by atoms with Crippen molar-refractivity contribution < 1.29 is 4.79 Å². The molecule has 1 amide bonds. The molecule has 0 N–H and O–H groups in total. The maximum Gasteiger partial charge on any atom is 0.230 e. The number of hydrogen-bond donors (Lipinski definition) is 0. The molecule has 1 saturated heterocycles. The second kappa shape index (κ2) is 6.89. The van der Waals surface area contributed by atoms with Crippen LogP contribution < -0.4 is 0 Å². The number of piperidine rings is 1. The molecule has 1 aromatic carbocycles. The Kier molecular flexibility index (Phi) is 5.18. The third-order valence-corrected chi connectivity index (χ3v) is 4.49. The zero-order valence-electron chi connectivity index (χ0n) is 12.9. The Labute approximate surface area is 122 Å². The molecule has 1 aliphatic rings. The van der Waals surface area contributed by atoms with Crippen molar-refractivity contribution in [2.45, 2.75) is 38.1 Å². The molecule has 110 valence electrons. The van der Waals surface area contributed by atoms with Crippen molar-refractivity contribution in [2.75, 3.05) is 27.2 Å². The Morgan fingerprint density at radius 3 is 2.45 bits per heavy atom. The number of carbonyl (C=O) groups is 1. The van der Waals surface area contributed by atoms with E-state index in [0.717, 1.165) is 37.9 Å². The van der Waals surface area contributed by atoms with Gasteiger partial charge in [0, 0.05) is 13.1 Å². The van der Waals surface area contributed by atoms with E-state index in [-0.39, 0.29) is 11.8 Å². The highest BCUT2D eigenvalue weighted by molar-refractivity contribution is 5.83. The molecule has 0 aromatic heterocycles. The lowest BCUT2D eigenvalue weighted by Gasteiger charge is -2.36. The third-order valence-electron chi connectivity index (χ3n) is 4.49. The smallest absolute Gasteiger partial charge is 0.230 e. The van der Waals surface area contributed by atoms with Crippen LogP contribution in [-0.4, -0.2) is 48.9 Å². The zero-order valence-corrected chi connectivity index (χ0v) is 12.9. The Bertz CT molecular complexity index is 424. The van der Waals surface area contributed by atoms with Gasteiger partial charge >= 0.3 is 0 Å². The van der Waals surface area contributed by atoms with Crippen LogP contribution in [0.1, 0.15) is 37.7 Å². The van der Waals surface area contributed by atoms with Gasteiger partial charge in [-0.2, -0.15) is 0 Å². The highest BCUT2D eigenvalue weighted by atomic mass is 16.2. The summed E-state index contributed by atoms with van der Waals surface area (Å²) in [6.07, 6.45) is 3.04. The summed E-state index contributed by atoms with van der Waals surface area (Å²) in [5.74, 6) is 0.272. The predicted molar refractivity (Wildman–Crippen MR) is 82.8 cm³/mol. The van der Waals surface area contributed by atoms with Crippen LogP contribution in [0.15, 0.2) is 30.3 Å². The van der Waals surface area contributed by atoms with Gasteiger partial charge in [-0.1, -0.05) is 37.3 Å². The number of amides is 1. The van der Waals surface area contributed by atoms with E-state index in [0.29, 0.717) is 6.04 Å². The van der Waals surface area contributed by atoms with Crippen LogP contribution in [0, 0.1) is 0 Å². The Hall–Kier alpha value is -1.35. The lowest BCUT2D eigenvalue weighted by Crippen LogP contribution is -2.45. The number of likely N-dealkylation sites (N-methyl/N-ethyl adjacent to an activating group) is 1. The quantitative estimate of drug-likeness (QED) is 0.843. The van der Waals surface area contributed by atoms with Gasteiger partial charge in [-0.05, 0) is 45.0 Å². The van der Waals surface area contributed by atoms with Gasteiger partial charge in [-0.15, -0.1) is 0 Å². The molecule has 20 heavy (non-hydrogen) atoms. The van der Waals surface area contributed by atoms with E-state index >= 15 is 0 Å². The van der Waals surface area contributed by atoms with Crippen LogP contribution in [0.2, 0.25) is 0 Å². The maximum atomic E-state index is 12.8. The summed E-state index contributed by atoms with van der Waals surface area (Å²) >= 11 is 0. The number of rotatable bonds is 4. The minimum absolute atomic E-state index is 0.000793. The fourth-order valence-electron chi connectivity index (χ4n) is 3.05. The van der Waals surface area contributed by atoms with Crippen molar-refractivity contribution in [3.63, 3.8) is 0 Å². The van der Waals surface area contributed by atoms with Crippen molar-refractivity contribution >= 4 is 5.91 Å². The van der Waals surface area contributed by atoms with E-state index in [1.165, 1.54) is 0 Å². The second-order valence-corrected chi connectivity index (χ2v) is 5.86. The molecule has 0 bridgehead atoms. The van der Waals surface area contributed by atoms with Gasteiger partial charge in [0.2, 0.25) is 5.91 Å². The lowest BCUT2D eigenvalue weighted by atomic mass is 9.93. The van der Waals surface area contributed by atoms with Crippen LogP contribution in [0.3, 0.4) is 0 Å². The first-order chi connectivity index (χ1) is 9.63. The second-order valence-electron chi connectivity index (χ2n) is 5.86. The van der Waals surface area contributed by atoms with Gasteiger partial charge in [0.15, 0.2) is 0 Å². The van der Waals surface area contributed by atoms with Crippen LogP contribution in [-0.2, 0) is 4.79 Å². The fourth-order valence-corrected chi connectivity index (χ4v) is 3.05. The first-order valence-electron chi connectivity index (χ1n) is 7.63. The van der Waals surface area contributed by atoms with Crippen molar-refractivity contribution in [3.05, 3.63) is 35.9 Å². The topological polar surface area (TPSA) is 23.6 Å². The number of nitrogens with zero attached hydrogens (tertiary/aromatic N) is 2.